The molecule has 0 aromatic heterocycles. The van der Waals surface area contributed by atoms with E-state index in [9.17, 15) is 23.3 Å². The first-order valence-corrected chi connectivity index (χ1v) is 10.3. The Labute approximate surface area is 173 Å². The van der Waals surface area contributed by atoms with Crippen molar-refractivity contribution in [3.63, 3.8) is 0 Å². The number of carbonyl (C=O) groups excluding carboxylic acids is 1. The second kappa shape index (κ2) is 9.31. The van der Waals surface area contributed by atoms with Crippen LogP contribution in [0.25, 0.3) is 0 Å². The zero-order chi connectivity index (χ0) is 21.8. The molecule has 0 bridgehead atoms. The molecule has 2 aromatic rings. The Morgan fingerprint density at radius 2 is 1.86 bits per heavy atom. The Morgan fingerprint density at radius 1 is 1.24 bits per heavy atom. The van der Waals surface area contributed by atoms with Gasteiger partial charge < -0.3 is 0 Å². The summed E-state index contributed by atoms with van der Waals surface area (Å²) in [6.07, 6.45) is 0. The highest BCUT2D eigenvalue weighted by molar-refractivity contribution is 7.89. The third-order valence-corrected chi connectivity index (χ3v) is 6.35. The van der Waals surface area contributed by atoms with Gasteiger partial charge in [-0.25, -0.2) is 13.9 Å². The predicted molar refractivity (Wildman–Crippen MR) is 106 cm³/mol. The second-order valence-corrected chi connectivity index (χ2v) is 8.87. The van der Waals surface area contributed by atoms with Gasteiger partial charge in [0.2, 0.25) is 10.0 Å². The van der Waals surface area contributed by atoms with Crippen molar-refractivity contribution < 1.29 is 23.3 Å². The lowest BCUT2D eigenvalue weighted by Crippen LogP contribution is -2.51. The number of nitrogens with zero attached hydrogens (tertiary/aromatic N) is 2. The molecule has 0 fully saturated rings. The smallest absolute Gasteiger partial charge is 0.287 e. The summed E-state index contributed by atoms with van der Waals surface area (Å²) in [6, 6.07) is 10.4. The number of benzene rings is 2. The standard InChI is InChI=1S/C18H20ClN3O6S/c1-12(2)17(18(23)20-24)21(11-13-6-4-3-5-7-13)29(27,28)14-8-9-16(22(25)26)15(19)10-14/h3-10,12,17,24H,11H2,1-2H3,(H,20,23)/t17-/m0/s1. The van der Waals surface area contributed by atoms with Gasteiger partial charge in [0.1, 0.15) is 11.1 Å². The van der Waals surface area contributed by atoms with Crippen molar-refractivity contribution in [3.05, 3.63) is 69.2 Å². The lowest BCUT2D eigenvalue weighted by Gasteiger charge is -2.32. The van der Waals surface area contributed by atoms with Gasteiger partial charge in [-0.2, -0.15) is 4.31 Å². The molecule has 0 aliphatic rings. The molecule has 2 aromatic carbocycles. The van der Waals surface area contributed by atoms with Crippen LogP contribution in [-0.2, 0) is 21.4 Å². The molecule has 1 amide bonds. The van der Waals surface area contributed by atoms with Crippen molar-refractivity contribution in [1.29, 1.82) is 0 Å². The molecule has 0 radical (unpaired) electrons. The van der Waals surface area contributed by atoms with E-state index < -0.39 is 38.5 Å². The summed E-state index contributed by atoms with van der Waals surface area (Å²) in [5, 5.41) is 19.7. The van der Waals surface area contributed by atoms with Crippen LogP contribution in [-0.4, -0.2) is 34.8 Å². The molecule has 0 spiro atoms. The number of hydrogen-bond donors (Lipinski definition) is 2. The van der Waals surface area contributed by atoms with Gasteiger partial charge in [-0.1, -0.05) is 55.8 Å². The Kier molecular flexibility index (Phi) is 7.31. The van der Waals surface area contributed by atoms with Crippen LogP contribution < -0.4 is 5.48 Å². The summed E-state index contributed by atoms with van der Waals surface area (Å²) < 4.78 is 27.7. The van der Waals surface area contributed by atoms with Crippen molar-refractivity contribution >= 4 is 33.2 Å². The molecule has 0 aliphatic carbocycles. The Hall–Kier alpha value is -2.53. The summed E-state index contributed by atoms with van der Waals surface area (Å²) in [5.74, 6) is -1.39. The van der Waals surface area contributed by atoms with E-state index in [1.165, 1.54) is 5.48 Å². The van der Waals surface area contributed by atoms with Crippen LogP contribution in [0.3, 0.4) is 0 Å². The van der Waals surface area contributed by atoms with E-state index >= 15 is 0 Å². The summed E-state index contributed by atoms with van der Waals surface area (Å²) in [6.45, 7) is 3.11. The van der Waals surface area contributed by atoms with E-state index in [0.717, 1.165) is 22.5 Å². The highest BCUT2D eigenvalue weighted by Crippen LogP contribution is 2.30. The van der Waals surface area contributed by atoms with Gasteiger partial charge in [0.15, 0.2) is 0 Å². The van der Waals surface area contributed by atoms with E-state index in [1.54, 1.807) is 44.2 Å². The molecule has 9 nitrogen and oxygen atoms in total. The number of hydroxylamine groups is 1. The minimum Gasteiger partial charge on any atom is -0.289 e. The molecular formula is C18H20ClN3O6S. The van der Waals surface area contributed by atoms with Crippen LogP contribution in [0.1, 0.15) is 19.4 Å². The fourth-order valence-corrected chi connectivity index (χ4v) is 4.91. The van der Waals surface area contributed by atoms with Gasteiger partial charge in [-0.3, -0.25) is 20.1 Å². The first-order valence-electron chi connectivity index (χ1n) is 8.53. The van der Waals surface area contributed by atoms with E-state index in [0.29, 0.717) is 5.56 Å². The number of nitro benzene ring substituents is 1. The summed E-state index contributed by atoms with van der Waals surface area (Å²) in [4.78, 5) is 22.2. The maximum absolute atomic E-state index is 13.4. The largest absolute Gasteiger partial charge is 0.289 e. The second-order valence-electron chi connectivity index (χ2n) is 6.57. The number of nitrogens with one attached hydrogen (secondary N) is 1. The van der Waals surface area contributed by atoms with Crippen molar-refractivity contribution in [2.45, 2.75) is 31.3 Å². The fourth-order valence-electron chi connectivity index (χ4n) is 2.86. The third kappa shape index (κ3) is 5.10. The van der Waals surface area contributed by atoms with Gasteiger partial charge in [-0.15, -0.1) is 0 Å². The summed E-state index contributed by atoms with van der Waals surface area (Å²) in [5.41, 5.74) is 1.69. The molecule has 1 atom stereocenters. The normalized spacial score (nSPS) is 12.8. The number of hydrogen-bond acceptors (Lipinski definition) is 6. The average Bonchev–Trinajstić information content (AvgIpc) is 2.67. The van der Waals surface area contributed by atoms with Crippen LogP contribution in [0.4, 0.5) is 5.69 Å². The van der Waals surface area contributed by atoms with Gasteiger partial charge in [0.05, 0.1) is 9.82 Å². The van der Waals surface area contributed by atoms with Gasteiger partial charge in [-0.05, 0) is 23.6 Å². The first kappa shape index (κ1) is 22.8. The van der Waals surface area contributed by atoms with Crippen molar-refractivity contribution in [1.82, 2.24) is 9.79 Å². The van der Waals surface area contributed by atoms with Crippen LogP contribution in [0.15, 0.2) is 53.4 Å². The van der Waals surface area contributed by atoms with Gasteiger partial charge in [0.25, 0.3) is 11.6 Å². The topological polar surface area (TPSA) is 130 Å². The lowest BCUT2D eigenvalue weighted by molar-refractivity contribution is -0.384. The summed E-state index contributed by atoms with van der Waals surface area (Å²) in [7, 11) is -4.31. The lowest BCUT2D eigenvalue weighted by atomic mass is 10.0. The first-order chi connectivity index (χ1) is 13.6. The maximum atomic E-state index is 13.4. The van der Waals surface area contributed by atoms with Crippen molar-refractivity contribution in [2.75, 3.05) is 0 Å². The van der Waals surface area contributed by atoms with Crippen molar-refractivity contribution in [3.8, 4) is 0 Å². The minimum atomic E-state index is -4.31. The van der Waals surface area contributed by atoms with E-state index in [2.05, 4.69) is 0 Å². The molecule has 11 heteroatoms. The molecule has 0 unspecified atom stereocenters. The number of amides is 1. The number of halogens is 1. The monoisotopic (exact) mass is 441 g/mol. The maximum Gasteiger partial charge on any atom is 0.287 e. The van der Waals surface area contributed by atoms with E-state index in [-0.39, 0.29) is 16.5 Å². The highest BCUT2D eigenvalue weighted by atomic mass is 35.5. The number of nitro groups is 1. The molecule has 2 rings (SSSR count). The summed E-state index contributed by atoms with van der Waals surface area (Å²) >= 11 is 5.88. The fraction of sp³-hybridized carbons (Fsp3) is 0.278. The zero-order valence-electron chi connectivity index (χ0n) is 15.6. The van der Waals surface area contributed by atoms with Crippen LogP contribution >= 0.6 is 11.6 Å². The number of carbonyl (C=O) groups is 1. The molecule has 29 heavy (non-hydrogen) atoms. The molecular weight excluding hydrogens is 422 g/mol. The van der Waals surface area contributed by atoms with Gasteiger partial charge in [0, 0.05) is 12.6 Å². The van der Waals surface area contributed by atoms with Gasteiger partial charge >= 0.3 is 0 Å². The molecule has 0 heterocycles. The van der Waals surface area contributed by atoms with Crippen LogP contribution in [0, 0.1) is 16.0 Å². The zero-order valence-corrected chi connectivity index (χ0v) is 17.2. The molecule has 2 N–H and O–H groups in total. The highest BCUT2D eigenvalue weighted by Gasteiger charge is 2.38. The average molecular weight is 442 g/mol. The molecule has 156 valence electrons. The number of rotatable bonds is 8. The quantitative estimate of drug-likeness (QED) is 0.368. The predicted octanol–water partition coefficient (Wildman–Crippen LogP) is 2.97. The minimum absolute atomic E-state index is 0.159. The SMILES string of the molecule is CC(C)[C@@H](C(=O)NO)N(Cc1ccccc1)S(=O)(=O)c1ccc([N+](=O)[O-])c(Cl)c1. The molecule has 0 aliphatic heterocycles. The van der Waals surface area contributed by atoms with Crippen LogP contribution in [0.2, 0.25) is 5.02 Å². The molecule has 0 saturated heterocycles. The van der Waals surface area contributed by atoms with Crippen LogP contribution in [0.5, 0.6) is 0 Å². The third-order valence-electron chi connectivity index (χ3n) is 4.22. The molecule has 0 saturated carbocycles. The van der Waals surface area contributed by atoms with Crippen molar-refractivity contribution in [2.24, 2.45) is 5.92 Å². The number of sulfonamides is 1. The van der Waals surface area contributed by atoms with E-state index in [1.807, 2.05) is 0 Å². The Bertz CT molecular complexity index is 998. The Morgan fingerprint density at radius 3 is 2.34 bits per heavy atom. The van der Waals surface area contributed by atoms with E-state index in [4.69, 9.17) is 16.8 Å². The Balaban J connectivity index is 2.60.